The van der Waals surface area contributed by atoms with Crippen LogP contribution in [0.25, 0.3) is 0 Å². The van der Waals surface area contributed by atoms with Crippen molar-refractivity contribution in [1.82, 2.24) is 15.3 Å². The Morgan fingerprint density at radius 3 is 2.59 bits per heavy atom. The Hall–Kier alpha value is -3.05. The molecular weight excluding hydrogens is 558 g/mol. The van der Waals surface area contributed by atoms with E-state index in [0.29, 0.717) is 18.1 Å². The molecule has 2 heterocycles. The summed E-state index contributed by atoms with van der Waals surface area (Å²) in [6.07, 6.45) is 8.98. The number of nitrogens with one attached hydrogen (secondary N) is 2. The molecule has 0 aliphatic carbocycles. The van der Waals surface area contributed by atoms with Crippen molar-refractivity contribution >= 4 is 34.7 Å². The lowest BCUT2D eigenvalue weighted by molar-refractivity contribution is -0.158. The predicted molar refractivity (Wildman–Crippen MR) is 167 cm³/mol. The number of carbonyl (C=O) groups is 1. The topological polar surface area (TPSA) is 115 Å². The van der Waals surface area contributed by atoms with E-state index >= 15 is 0 Å². The molecule has 0 saturated carbocycles. The van der Waals surface area contributed by atoms with Gasteiger partial charge in [0, 0.05) is 35.5 Å². The van der Waals surface area contributed by atoms with Crippen LogP contribution in [0.4, 0.5) is 0 Å². The molecule has 2 aromatic rings. The number of rotatable bonds is 11. The number of amides is 1. The number of nitrogens with two attached hydrogens (primary N) is 1. The van der Waals surface area contributed by atoms with Gasteiger partial charge in [0.05, 0.1) is 24.1 Å². The van der Waals surface area contributed by atoms with Gasteiger partial charge in [0.15, 0.2) is 5.60 Å². The number of halogens is 1. The lowest BCUT2D eigenvalue weighted by Crippen LogP contribution is -2.43. The largest absolute Gasteiger partial charge is 0.392 e. The summed E-state index contributed by atoms with van der Waals surface area (Å²) in [6.45, 7) is 7.79. The number of nitrogens with zero attached hydrogens (tertiary/aromatic N) is 2. The number of amidine groups is 1. The molecule has 5 N–H and O–H groups in total. The van der Waals surface area contributed by atoms with Crippen molar-refractivity contribution in [2.24, 2.45) is 11.7 Å². The number of terminal acetylenes is 1. The molecule has 0 bridgehead atoms. The summed E-state index contributed by atoms with van der Waals surface area (Å²) < 4.78 is 0. The first-order chi connectivity index (χ1) is 19.5. The van der Waals surface area contributed by atoms with Crippen molar-refractivity contribution in [3.05, 3.63) is 56.7 Å². The Bertz CT molecular complexity index is 1220. The first kappa shape index (κ1) is 34.2. The van der Waals surface area contributed by atoms with Crippen LogP contribution < -0.4 is 11.1 Å². The van der Waals surface area contributed by atoms with Crippen LogP contribution in [0.15, 0.2) is 36.4 Å². The fourth-order valence-corrected chi connectivity index (χ4v) is 5.04. The average molecular weight is 600 g/mol. The van der Waals surface area contributed by atoms with Gasteiger partial charge < -0.3 is 21.1 Å². The molecule has 2 atom stereocenters. The second-order valence-electron chi connectivity index (χ2n) is 10.3. The number of thiophene rings is 1. The van der Waals surface area contributed by atoms with Crippen molar-refractivity contribution in [2.75, 3.05) is 20.1 Å². The van der Waals surface area contributed by atoms with Gasteiger partial charge in [-0.3, -0.25) is 10.2 Å². The minimum Gasteiger partial charge on any atom is -0.392 e. The van der Waals surface area contributed by atoms with Gasteiger partial charge in [0.1, 0.15) is 5.84 Å². The van der Waals surface area contributed by atoms with E-state index in [-0.39, 0.29) is 30.3 Å². The zero-order chi connectivity index (χ0) is 30.4. The maximum Gasteiger partial charge on any atom is 0.240 e. The third-order valence-electron chi connectivity index (χ3n) is 6.42. The highest BCUT2D eigenvalue weighted by molar-refractivity contribution is 7.14. The third-order valence-corrected chi connectivity index (χ3v) is 7.77. The number of carbonyl (C=O) groups excluding carboxylic acids is 1. The SMILES string of the molecule is C#CC(C)(C)ON(C)C#CC(CC)CCN(Cc1ccc(C(=N)N)s1)C(=O)C1CCCN1.OCc1ccc(Cl)cc1. The number of hydrogen-bond acceptors (Lipinski definition) is 7. The van der Waals surface area contributed by atoms with Crippen LogP contribution in [0, 0.1) is 35.6 Å². The molecule has 222 valence electrons. The van der Waals surface area contributed by atoms with Gasteiger partial charge in [-0.1, -0.05) is 42.5 Å². The Morgan fingerprint density at radius 1 is 1.34 bits per heavy atom. The minimum atomic E-state index is -0.720. The predicted octanol–water partition coefficient (Wildman–Crippen LogP) is 4.60. The summed E-state index contributed by atoms with van der Waals surface area (Å²) in [6, 6.07) is 13.8. The van der Waals surface area contributed by atoms with E-state index in [1.807, 2.05) is 30.9 Å². The van der Waals surface area contributed by atoms with Crippen LogP contribution in [0.2, 0.25) is 5.02 Å². The zero-order valence-corrected chi connectivity index (χ0v) is 25.9. The molecule has 0 radical (unpaired) electrons. The van der Waals surface area contributed by atoms with E-state index < -0.39 is 5.60 Å². The van der Waals surface area contributed by atoms with Crippen molar-refractivity contribution < 1.29 is 14.7 Å². The van der Waals surface area contributed by atoms with Crippen LogP contribution >= 0.6 is 22.9 Å². The number of hydrogen-bond donors (Lipinski definition) is 4. The summed E-state index contributed by atoms with van der Waals surface area (Å²) in [5, 5.41) is 21.7. The second-order valence-corrected chi connectivity index (χ2v) is 11.9. The normalized spacial score (nSPS) is 15.0. The average Bonchev–Trinajstić information content (AvgIpc) is 3.66. The van der Waals surface area contributed by atoms with E-state index in [2.05, 4.69) is 30.1 Å². The van der Waals surface area contributed by atoms with Gasteiger partial charge in [-0.05, 0) is 75.9 Å². The minimum absolute atomic E-state index is 0.0530. The molecule has 10 heteroatoms. The summed E-state index contributed by atoms with van der Waals surface area (Å²) in [5.74, 6) is 6.13. The van der Waals surface area contributed by atoms with Gasteiger partial charge in [0.25, 0.3) is 0 Å². The Balaban J connectivity index is 0.000000553. The van der Waals surface area contributed by atoms with Gasteiger partial charge in [0.2, 0.25) is 5.91 Å². The van der Waals surface area contributed by atoms with Crippen LogP contribution in [-0.2, 0) is 22.8 Å². The van der Waals surface area contributed by atoms with Crippen molar-refractivity contribution in [1.29, 1.82) is 5.41 Å². The molecule has 1 aromatic carbocycles. The van der Waals surface area contributed by atoms with Gasteiger partial charge in [-0.25, -0.2) is 9.90 Å². The Labute approximate surface area is 253 Å². The molecule has 1 amide bonds. The summed E-state index contributed by atoms with van der Waals surface area (Å²) in [7, 11) is 1.74. The van der Waals surface area contributed by atoms with E-state index in [9.17, 15) is 4.79 Å². The summed E-state index contributed by atoms with van der Waals surface area (Å²) in [5.41, 5.74) is 5.77. The number of aliphatic hydroxyl groups is 1. The fourth-order valence-electron chi connectivity index (χ4n) is 4.03. The first-order valence-corrected chi connectivity index (χ1v) is 14.9. The van der Waals surface area contributed by atoms with Gasteiger partial charge >= 0.3 is 0 Å². The van der Waals surface area contributed by atoms with E-state index in [0.717, 1.165) is 47.5 Å². The van der Waals surface area contributed by atoms with Crippen LogP contribution in [0.1, 0.15) is 61.8 Å². The standard InChI is InChI=1S/C24H35N5O2S.C7H7ClO/c1-6-18(12-15-28(5)31-24(3,4)7-2)13-16-29(23(30)20-9-8-14-27-20)17-19-10-11-21(32-19)22(25)26;8-7-3-1-6(5-9)2-4-7/h2,10-11,18,20,27H,6,8-9,13-14,16-17H2,1,3-5H3,(H3,25,26);1-4,9H,5H2. The first-order valence-electron chi connectivity index (χ1n) is 13.7. The number of hydroxylamine groups is 2. The van der Waals surface area contributed by atoms with Crippen molar-refractivity contribution in [3.63, 3.8) is 0 Å². The molecule has 41 heavy (non-hydrogen) atoms. The third kappa shape index (κ3) is 12.1. The molecule has 3 rings (SSSR count). The van der Waals surface area contributed by atoms with E-state index in [1.54, 1.807) is 31.3 Å². The molecular formula is C31H42ClN5O3S. The molecule has 1 fully saturated rings. The van der Waals surface area contributed by atoms with Crippen LogP contribution in [0.5, 0.6) is 0 Å². The number of benzene rings is 1. The highest BCUT2D eigenvalue weighted by atomic mass is 35.5. The van der Waals surface area contributed by atoms with E-state index in [1.165, 1.54) is 16.4 Å². The monoisotopic (exact) mass is 599 g/mol. The van der Waals surface area contributed by atoms with Gasteiger partial charge in [-0.2, -0.15) is 0 Å². The van der Waals surface area contributed by atoms with Crippen molar-refractivity contribution in [2.45, 2.75) is 71.2 Å². The van der Waals surface area contributed by atoms with Gasteiger partial charge in [-0.15, -0.1) is 17.8 Å². The smallest absolute Gasteiger partial charge is 0.240 e. The quantitative estimate of drug-likeness (QED) is 0.0987. The second kappa shape index (κ2) is 17.0. The van der Waals surface area contributed by atoms with Crippen LogP contribution in [0.3, 0.4) is 0 Å². The Kier molecular flexibility index (Phi) is 14.2. The molecule has 1 aromatic heterocycles. The van der Waals surface area contributed by atoms with E-state index in [4.69, 9.17) is 39.1 Å². The van der Waals surface area contributed by atoms with Crippen LogP contribution in [-0.4, -0.2) is 58.6 Å². The summed E-state index contributed by atoms with van der Waals surface area (Å²) in [4.78, 5) is 22.5. The zero-order valence-electron chi connectivity index (χ0n) is 24.4. The molecule has 1 saturated heterocycles. The number of nitrogen functional groups attached to an aromatic ring is 1. The lowest BCUT2D eigenvalue weighted by atomic mass is 10.0. The molecule has 2 unspecified atom stereocenters. The molecule has 1 aliphatic rings. The highest BCUT2D eigenvalue weighted by Crippen LogP contribution is 2.21. The maximum atomic E-state index is 13.2. The fraction of sp³-hybridized carbons (Fsp3) is 0.484. The Morgan fingerprint density at radius 2 is 2.05 bits per heavy atom. The summed E-state index contributed by atoms with van der Waals surface area (Å²) >= 11 is 7.05. The molecule has 0 spiro atoms. The maximum absolute atomic E-state index is 13.2. The molecule has 8 nitrogen and oxygen atoms in total. The highest BCUT2D eigenvalue weighted by Gasteiger charge is 2.27. The van der Waals surface area contributed by atoms with Crippen molar-refractivity contribution in [3.8, 4) is 24.3 Å². The number of aliphatic hydroxyl groups excluding tert-OH is 1. The lowest BCUT2D eigenvalue weighted by Gasteiger charge is -2.26. The molecule has 1 aliphatic heterocycles.